The van der Waals surface area contributed by atoms with Gasteiger partial charge in [0.2, 0.25) is 5.91 Å². The predicted molar refractivity (Wildman–Crippen MR) is 129 cm³/mol. The summed E-state index contributed by atoms with van der Waals surface area (Å²) in [6, 6.07) is 5.66. The summed E-state index contributed by atoms with van der Waals surface area (Å²) >= 11 is 0. The Morgan fingerprint density at radius 2 is 1.91 bits per heavy atom. The number of nitrogens with two attached hydrogens (primary N) is 1. The highest BCUT2D eigenvalue weighted by atomic mass is 16.6. The number of nitrogens with one attached hydrogen (secondary N) is 1. The topological polar surface area (TPSA) is 123 Å². The van der Waals surface area contributed by atoms with Gasteiger partial charge in [0.1, 0.15) is 17.2 Å². The third kappa shape index (κ3) is 4.13. The SMILES string of the molecule is Cc1ccncc1-c1cc2cc(NC(=O)C3C4CN(C(=O)OC(C)(C)C)CC43)ncc2c(N)n1. The molecular weight excluding hydrogens is 432 g/mol. The third-order valence-corrected chi connectivity index (χ3v) is 6.46. The van der Waals surface area contributed by atoms with E-state index in [-0.39, 0.29) is 29.8 Å². The van der Waals surface area contributed by atoms with Gasteiger partial charge in [-0.2, -0.15) is 0 Å². The van der Waals surface area contributed by atoms with E-state index in [1.54, 1.807) is 23.5 Å². The zero-order chi connectivity index (χ0) is 24.2. The lowest BCUT2D eigenvalue weighted by molar-refractivity contribution is -0.118. The Balaban J connectivity index is 1.28. The Bertz CT molecular complexity index is 1290. The molecule has 5 rings (SSSR count). The Morgan fingerprint density at radius 1 is 1.18 bits per heavy atom. The lowest BCUT2D eigenvalue weighted by Crippen LogP contribution is -2.38. The van der Waals surface area contributed by atoms with E-state index in [1.165, 1.54) is 0 Å². The molecule has 2 unspecified atom stereocenters. The highest BCUT2D eigenvalue weighted by molar-refractivity contribution is 5.99. The molecule has 0 aromatic carbocycles. The molecule has 1 saturated carbocycles. The number of rotatable bonds is 3. The fraction of sp³-hybridized carbons (Fsp3) is 0.400. The molecule has 176 valence electrons. The molecule has 2 atom stereocenters. The van der Waals surface area contributed by atoms with E-state index in [0.29, 0.717) is 24.7 Å². The fourth-order valence-electron chi connectivity index (χ4n) is 4.71. The van der Waals surface area contributed by atoms with Crippen LogP contribution in [-0.4, -0.2) is 50.5 Å². The molecule has 1 saturated heterocycles. The number of hydrogen-bond donors (Lipinski definition) is 2. The number of nitrogens with zero attached hydrogens (tertiary/aromatic N) is 4. The molecule has 34 heavy (non-hydrogen) atoms. The Morgan fingerprint density at radius 3 is 2.59 bits per heavy atom. The van der Waals surface area contributed by atoms with Crippen LogP contribution in [0.25, 0.3) is 22.0 Å². The van der Waals surface area contributed by atoms with Crippen molar-refractivity contribution in [3.8, 4) is 11.3 Å². The molecular formula is C25H28N6O3. The van der Waals surface area contributed by atoms with E-state index in [0.717, 1.165) is 27.6 Å². The number of carbonyl (C=O) groups is 2. The fourth-order valence-corrected chi connectivity index (χ4v) is 4.71. The highest BCUT2D eigenvalue weighted by Crippen LogP contribution is 2.52. The molecule has 2 fully saturated rings. The standard InChI is InChI=1S/C25H28N6O3/c1-13-5-6-27-9-15(13)19-7-14-8-20(28-10-16(14)22(26)29-19)30-23(32)21-17-11-31(12-18(17)21)24(33)34-25(2,3)4/h5-10,17-18,21H,11-12H2,1-4H3,(H2,26,29)(H,28,30,32). The van der Waals surface area contributed by atoms with Crippen molar-refractivity contribution < 1.29 is 14.3 Å². The van der Waals surface area contributed by atoms with E-state index in [1.807, 2.05) is 45.9 Å². The molecule has 0 spiro atoms. The van der Waals surface area contributed by atoms with Crippen molar-refractivity contribution >= 4 is 34.4 Å². The van der Waals surface area contributed by atoms with Crippen molar-refractivity contribution in [3.05, 3.63) is 42.4 Å². The number of ether oxygens (including phenoxy) is 1. The van der Waals surface area contributed by atoms with Crippen molar-refractivity contribution in [1.29, 1.82) is 0 Å². The molecule has 9 heteroatoms. The Hall–Kier alpha value is -3.75. The van der Waals surface area contributed by atoms with Crippen LogP contribution in [-0.2, 0) is 9.53 Å². The highest BCUT2D eigenvalue weighted by Gasteiger charge is 2.60. The lowest BCUT2D eigenvalue weighted by Gasteiger charge is -2.25. The number of aromatic nitrogens is 3. The van der Waals surface area contributed by atoms with Crippen molar-refractivity contribution in [2.45, 2.75) is 33.3 Å². The van der Waals surface area contributed by atoms with Crippen LogP contribution in [0.2, 0.25) is 0 Å². The van der Waals surface area contributed by atoms with Gasteiger partial charge < -0.3 is 20.7 Å². The minimum absolute atomic E-state index is 0.0731. The summed E-state index contributed by atoms with van der Waals surface area (Å²) in [5.74, 6) is 0.968. The van der Waals surface area contributed by atoms with E-state index < -0.39 is 5.60 Å². The van der Waals surface area contributed by atoms with Gasteiger partial charge >= 0.3 is 6.09 Å². The number of fused-ring (bicyclic) bond motifs is 2. The molecule has 1 aliphatic heterocycles. The largest absolute Gasteiger partial charge is 0.444 e. The first-order chi connectivity index (χ1) is 16.1. The van der Waals surface area contributed by atoms with Crippen LogP contribution < -0.4 is 11.1 Å². The van der Waals surface area contributed by atoms with E-state index in [2.05, 4.69) is 20.3 Å². The van der Waals surface area contributed by atoms with Crippen LogP contribution in [0.1, 0.15) is 26.3 Å². The number of amides is 2. The molecule has 0 radical (unpaired) electrons. The molecule has 4 heterocycles. The van der Waals surface area contributed by atoms with Crippen LogP contribution >= 0.6 is 0 Å². The van der Waals surface area contributed by atoms with Gasteiger partial charge in [0, 0.05) is 48.5 Å². The Labute approximate surface area is 197 Å². The third-order valence-electron chi connectivity index (χ3n) is 6.46. The summed E-state index contributed by atoms with van der Waals surface area (Å²) in [4.78, 5) is 39.9. The average Bonchev–Trinajstić information content (AvgIpc) is 3.26. The maximum Gasteiger partial charge on any atom is 0.410 e. The van der Waals surface area contributed by atoms with Crippen molar-refractivity contribution in [2.24, 2.45) is 17.8 Å². The number of aryl methyl sites for hydroxylation is 1. The van der Waals surface area contributed by atoms with Crippen LogP contribution in [0.5, 0.6) is 0 Å². The van der Waals surface area contributed by atoms with Gasteiger partial charge in [0.15, 0.2) is 0 Å². The minimum Gasteiger partial charge on any atom is -0.444 e. The number of anilines is 2. The van der Waals surface area contributed by atoms with Gasteiger partial charge in [-0.1, -0.05) is 0 Å². The molecule has 9 nitrogen and oxygen atoms in total. The van der Waals surface area contributed by atoms with E-state index in [9.17, 15) is 9.59 Å². The maximum absolute atomic E-state index is 12.9. The molecule has 2 amide bonds. The summed E-state index contributed by atoms with van der Waals surface area (Å²) in [5.41, 5.74) is 8.33. The van der Waals surface area contributed by atoms with Gasteiger partial charge in [-0.25, -0.2) is 14.8 Å². The number of carbonyl (C=O) groups excluding carboxylic acids is 2. The quantitative estimate of drug-likeness (QED) is 0.612. The monoisotopic (exact) mass is 460 g/mol. The second kappa shape index (κ2) is 7.93. The zero-order valence-electron chi connectivity index (χ0n) is 19.7. The second-order valence-corrected chi connectivity index (χ2v) is 10.1. The lowest BCUT2D eigenvalue weighted by atomic mass is 10.1. The second-order valence-electron chi connectivity index (χ2n) is 10.1. The maximum atomic E-state index is 12.9. The first kappa shape index (κ1) is 22.1. The molecule has 0 bridgehead atoms. The summed E-state index contributed by atoms with van der Waals surface area (Å²) in [6.07, 6.45) is 4.81. The molecule has 3 aromatic heterocycles. The van der Waals surface area contributed by atoms with Crippen molar-refractivity contribution in [3.63, 3.8) is 0 Å². The number of hydrogen-bond acceptors (Lipinski definition) is 7. The number of likely N-dealkylation sites (tertiary alicyclic amines) is 1. The summed E-state index contributed by atoms with van der Waals surface area (Å²) in [7, 11) is 0. The zero-order valence-corrected chi connectivity index (χ0v) is 19.7. The van der Waals surface area contributed by atoms with Gasteiger partial charge in [-0.15, -0.1) is 0 Å². The first-order valence-corrected chi connectivity index (χ1v) is 11.4. The van der Waals surface area contributed by atoms with Crippen molar-refractivity contribution in [1.82, 2.24) is 19.9 Å². The summed E-state index contributed by atoms with van der Waals surface area (Å²) < 4.78 is 5.44. The van der Waals surface area contributed by atoms with Crippen LogP contribution in [0, 0.1) is 24.7 Å². The minimum atomic E-state index is -0.531. The summed E-state index contributed by atoms with van der Waals surface area (Å²) in [5, 5.41) is 4.50. The number of pyridine rings is 3. The molecule has 2 aliphatic rings. The first-order valence-electron chi connectivity index (χ1n) is 11.4. The van der Waals surface area contributed by atoms with Crippen LogP contribution in [0.15, 0.2) is 36.8 Å². The van der Waals surface area contributed by atoms with Crippen LogP contribution in [0.3, 0.4) is 0 Å². The molecule has 3 aromatic rings. The van der Waals surface area contributed by atoms with Crippen molar-refractivity contribution in [2.75, 3.05) is 24.1 Å². The Kier molecular flexibility index (Phi) is 5.15. The van der Waals surface area contributed by atoms with E-state index >= 15 is 0 Å². The predicted octanol–water partition coefficient (Wildman–Crippen LogP) is 3.63. The number of piperidine rings is 1. The van der Waals surface area contributed by atoms with Gasteiger partial charge in [0.25, 0.3) is 0 Å². The molecule has 3 N–H and O–H groups in total. The van der Waals surface area contributed by atoms with Gasteiger partial charge in [0.05, 0.1) is 5.69 Å². The normalized spacial score (nSPS) is 21.3. The molecule has 1 aliphatic carbocycles. The number of nitrogen functional groups attached to an aromatic ring is 1. The van der Waals surface area contributed by atoms with Gasteiger partial charge in [-0.3, -0.25) is 9.78 Å². The smallest absolute Gasteiger partial charge is 0.410 e. The summed E-state index contributed by atoms with van der Waals surface area (Å²) in [6.45, 7) is 8.61. The van der Waals surface area contributed by atoms with Crippen LogP contribution in [0.4, 0.5) is 16.4 Å². The average molecular weight is 461 g/mol. The van der Waals surface area contributed by atoms with Gasteiger partial charge in [-0.05, 0) is 68.7 Å². The van der Waals surface area contributed by atoms with E-state index in [4.69, 9.17) is 10.5 Å².